The van der Waals surface area contributed by atoms with E-state index in [0.717, 1.165) is 23.7 Å². The normalized spacial score (nSPS) is 10.2. The average molecular weight is 262 g/mol. The lowest BCUT2D eigenvalue weighted by Crippen LogP contribution is -2.14. The van der Waals surface area contributed by atoms with Crippen LogP contribution in [0.3, 0.4) is 0 Å². The number of nitrogens with two attached hydrogens (primary N) is 2. The zero-order chi connectivity index (χ0) is 13.0. The number of benzene rings is 1. The summed E-state index contributed by atoms with van der Waals surface area (Å²) in [6.45, 7) is 0.746. The molecule has 1 amide bonds. The number of carbonyl (C=O) groups is 1. The van der Waals surface area contributed by atoms with Crippen LogP contribution < -0.4 is 16.8 Å². The van der Waals surface area contributed by atoms with Crippen LogP contribution >= 0.6 is 11.3 Å². The molecule has 5 nitrogen and oxygen atoms in total. The predicted molar refractivity (Wildman–Crippen MR) is 73.7 cm³/mol. The van der Waals surface area contributed by atoms with E-state index < -0.39 is 5.91 Å². The standard InChI is InChI=1S/C12H14N4OS/c13-10-2-1-8(7-9(10)12(14)17)15-4-3-11-16-5-6-18-11/h1-2,5-7,15H,3-4,13H2,(H2,14,17). The second-order valence-corrected chi connectivity index (χ2v) is 4.75. The highest BCUT2D eigenvalue weighted by atomic mass is 32.1. The first kappa shape index (κ1) is 12.4. The molecule has 0 aliphatic heterocycles. The number of primary amides is 1. The molecular weight excluding hydrogens is 248 g/mol. The van der Waals surface area contributed by atoms with Crippen molar-refractivity contribution in [2.24, 2.45) is 5.73 Å². The van der Waals surface area contributed by atoms with E-state index in [0.29, 0.717) is 11.3 Å². The van der Waals surface area contributed by atoms with Crippen LogP contribution in [0.25, 0.3) is 0 Å². The van der Waals surface area contributed by atoms with Crippen molar-refractivity contribution >= 4 is 28.6 Å². The van der Waals surface area contributed by atoms with Gasteiger partial charge in [0.2, 0.25) is 0 Å². The second-order valence-electron chi connectivity index (χ2n) is 3.77. The SMILES string of the molecule is NC(=O)c1cc(NCCc2nccs2)ccc1N. The van der Waals surface area contributed by atoms with Gasteiger partial charge in [0.1, 0.15) is 0 Å². The molecular formula is C12H14N4OS. The van der Waals surface area contributed by atoms with Crippen LogP contribution in [0, 0.1) is 0 Å². The summed E-state index contributed by atoms with van der Waals surface area (Å²) in [5.41, 5.74) is 12.5. The number of hydrogen-bond donors (Lipinski definition) is 3. The summed E-state index contributed by atoms with van der Waals surface area (Å²) in [6, 6.07) is 5.16. The highest BCUT2D eigenvalue weighted by Gasteiger charge is 2.06. The molecule has 0 saturated heterocycles. The summed E-state index contributed by atoms with van der Waals surface area (Å²) in [7, 11) is 0. The topological polar surface area (TPSA) is 94.0 Å². The molecule has 0 saturated carbocycles. The van der Waals surface area contributed by atoms with E-state index in [1.807, 2.05) is 11.4 Å². The number of thiazole rings is 1. The van der Waals surface area contributed by atoms with Crippen LogP contribution in [-0.2, 0) is 6.42 Å². The first-order valence-corrected chi connectivity index (χ1v) is 6.36. The van der Waals surface area contributed by atoms with Crippen LogP contribution in [0.5, 0.6) is 0 Å². The number of hydrogen-bond acceptors (Lipinski definition) is 5. The van der Waals surface area contributed by atoms with Crippen molar-refractivity contribution in [3.63, 3.8) is 0 Å². The zero-order valence-electron chi connectivity index (χ0n) is 9.72. The van der Waals surface area contributed by atoms with E-state index in [9.17, 15) is 4.79 Å². The number of nitrogen functional groups attached to an aromatic ring is 1. The minimum absolute atomic E-state index is 0.342. The number of nitrogens with zero attached hydrogens (tertiary/aromatic N) is 1. The van der Waals surface area contributed by atoms with Crippen LogP contribution in [0.1, 0.15) is 15.4 Å². The van der Waals surface area contributed by atoms with Crippen molar-refractivity contribution in [2.75, 3.05) is 17.6 Å². The lowest BCUT2D eigenvalue weighted by molar-refractivity contribution is 0.100. The van der Waals surface area contributed by atoms with Crippen molar-refractivity contribution in [3.8, 4) is 0 Å². The molecule has 0 aliphatic rings. The lowest BCUT2D eigenvalue weighted by atomic mass is 10.1. The smallest absolute Gasteiger partial charge is 0.250 e. The quantitative estimate of drug-likeness (QED) is 0.711. The van der Waals surface area contributed by atoms with E-state index in [-0.39, 0.29) is 0 Å². The molecule has 0 spiro atoms. The molecule has 94 valence electrons. The molecule has 1 heterocycles. The number of amides is 1. The van der Waals surface area contributed by atoms with Gasteiger partial charge in [-0.2, -0.15) is 0 Å². The summed E-state index contributed by atoms with van der Waals surface area (Å²) in [5, 5.41) is 6.23. The number of carbonyl (C=O) groups excluding carboxylic acids is 1. The Kier molecular flexibility index (Phi) is 3.78. The molecule has 1 aromatic heterocycles. The minimum Gasteiger partial charge on any atom is -0.398 e. The summed E-state index contributed by atoms with van der Waals surface area (Å²) in [6.07, 6.45) is 2.63. The van der Waals surface area contributed by atoms with Crippen LogP contribution in [0.4, 0.5) is 11.4 Å². The van der Waals surface area contributed by atoms with E-state index in [2.05, 4.69) is 10.3 Å². The third kappa shape index (κ3) is 2.98. The Balaban J connectivity index is 1.97. The van der Waals surface area contributed by atoms with Gasteiger partial charge in [-0.05, 0) is 18.2 Å². The molecule has 18 heavy (non-hydrogen) atoms. The van der Waals surface area contributed by atoms with E-state index in [1.165, 1.54) is 0 Å². The Bertz CT molecular complexity index is 539. The highest BCUT2D eigenvalue weighted by Crippen LogP contribution is 2.17. The van der Waals surface area contributed by atoms with Gasteiger partial charge >= 0.3 is 0 Å². The van der Waals surface area contributed by atoms with Crippen molar-refractivity contribution in [1.29, 1.82) is 0 Å². The van der Waals surface area contributed by atoms with Gasteiger partial charge < -0.3 is 16.8 Å². The fourth-order valence-electron chi connectivity index (χ4n) is 1.57. The third-order valence-corrected chi connectivity index (χ3v) is 3.31. The molecule has 2 rings (SSSR count). The van der Waals surface area contributed by atoms with Crippen molar-refractivity contribution in [3.05, 3.63) is 40.3 Å². The van der Waals surface area contributed by atoms with Crippen LogP contribution in [0.15, 0.2) is 29.8 Å². The number of anilines is 2. The first-order chi connectivity index (χ1) is 8.66. The molecule has 0 atom stereocenters. The van der Waals surface area contributed by atoms with Crippen molar-refractivity contribution in [1.82, 2.24) is 4.98 Å². The Morgan fingerprint density at radius 3 is 2.94 bits per heavy atom. The van der Waals surface area contributed by atoms with Gasteiger partial charge in [-0.1, -0.05) is 0 Å². The largest absolute Gasteiger partial charge is 0.398 e. The molecule has 5 N–H and O–H groups in total. The Morgan fingerprint density at radius 2 is 2.28 bits per heavy atom. The average Bonchev–Trinajstić information content (AvgIpc) is 2.84. The molecule has 1 aromatic carbocycles. The Morgan fingerprint density at radius 1 is 1.44 bits per heavy atom. The summed E-state index contributed by atoms with van der Waals surface area (Å²) in [4.78, 5) is 15.3. The molecule has 0 unspecified atom stereocenters. The Hall–Kier alpha value is -2.08. The molecule has 6 heteroatoms. The lowest BCUT2D eigenvalue weighted by Gasteiger charge is -2.08. The van der Waals surface area contributed by atoms with Gasteiger partial charge in [-0.3, -0.25) is 4.79 Å². The fraction of sp³-hybridized carbons (Fsp3) is 0.167. The van der Waals surface area contributed by atoms with E-state index in [1.54, 1.807) is 29.7 Å². The fourth-order valence-corrected chi connectivity index (χ4v) is 2.19. The van der Waals surface area contributed by atoms with Gasteiger partial charge in [0.05, 0.1) is 10.6 Å². The van der Waals surface area contributed by atoms with Gasteiger partial charge in [0.15, 0.2) is 0 Å². The summed E-state index contributed by atoms with van der Waals surface area (Å²) in [5.74, 6) is -0.518. The monoisotopic (exact) mass is 262 g/mol. The molecule has 0 bridgehead atoms. The molecule has 0 radical (unpaired) electrons. The minimum atomic E-state index is -0.518. The first-order valence-electron chi connectivity index (χ1n) is 5.48. The zero-order valence-corrected chi connectivity index (χ0v) is 10.5. The third-order valence-electron chi connectivity index (χ3n) is 2.47. The summed E-state index contributed by atoms with van der Waals surface area (Å²) < 4.78 is 0. The van der Waals surface area contributed by atoms with Crippen molar-refractivity contribution < 1.29 is 4.79 Å². The number of aromatic nitrogens is 1. The van der Waals surface area contributed by atoms with Gasteiger partial charge in [-0.25, -0.2) is 4.98 Å². The molecule has 0 fully saturated rings. The Labute approximate surface area is 109 Å². The number of nitrogens with one attached hydrogen (secondary N) is 1. The van der Waals surface area contributed by atoms with E-state index in [4.69, 9.17) is 11.5 Å². The maximum absolute atomic E-state index is 11.1. The van der Waals surface area contributed by atoms with Crippen LogP contribution in [0.2, 0.25) is 0 Å². The van der Waals surface area contributed by atoms with Crippen LogP contribution in [-0.4, -0.2) is 17.4 Å². The maximum Gasteiger partial charge on any atom is 0.250 e. The second kappa shape index (κ2) is 5.50. The van der Waals surface area contributed by atoms with Crippen molar-refractivity contribution in [2.45, 2.75) is 6.42 Å². The predicted octanol–water partition coefficient (Wildman–Crippen LogP) is 1.48. The van der Waals surface area contributed by atoms with Gasteiger partial charge in [0.25, 0.3) is 5.91 Å². The maximum atomic E-state index is 11.1. The van der Waals surface area contributed by atoms with Gasteiger partial charge in [0, 0.05) is 35.9 Å². The van der Waals surface area contributed by atoms with Gasteiger partial charge in [-0.15, -0.1) is 11.3 Å². The van der Waals surface area contributed by atoms with E-state index >= 15 is 0 Å². The highest BCUT2D eigenvalue weighted by molar-refractivity contribution is 7.09. The number of rotatable bonds is 5. The molecule has 0 aliphatic carbocycles. The summed E-state index contributed by atoms with van der Waals surface area (Å²) >= 11 is 1.62. The molecule has 2 aromatic rings.